The van der Waals surface area contributed by atoms with E-state index in [1.165, 1.54) is 31.3 Å². The van der Waals surface area contributed by atoms with Crippen LogP contribution in [0.4, 0.5) is 0 Å². The molecular weight excluding hydrogens is 286 g/mol. The SMILES string of the molecule is O=S(=O)(NC1CCN(C2CC2)C1)c1cnccc1Cl. The highest BCUT2D eigenvalue weighted by Gasteiger charge is 2.36. The van der Waals surface area contributed by atoms with Crippen molar-refractivity contribution in [2.45, 2.75) is 36.2 Å². The summed E-state index contributed by atoms with van der Waals surface area (Å²) < 4.78 is 27.2. The fourth-order valence-corrected chi connectivity index (χ4v) is 4.19. The van der Waals surface area contributed by atoms with Gasteiger partial charge in [0.15, 0.2) is 0 Å². The van der Waals surface area contributed by atoms with Crippen LogP contribution in [0.25, 0.3) is 0 Å². The summed E-state index contributed by atoms with van der Waals surface area (Å²) in [6.07, 6.45) is 6.11. The average molecular weight is 302 g/mol. The van der Waals surface area contributed by atoms with Gasteiger partial charge in [-0.1, -0.05) is 11.6 Å². The lowest BCUT2D eigenvalue weighted by Crippen LogP contribution is -2.37. The maximum Gasteiger partial charge on any atom is 0.243 e. The molecule has 3 rings (SSSR count). The fourth-order valence-electron chi connectivity index (χ4n) is 2.50. The Morgan fingerprint density at radius 1 is 1.37 bits per heavy atom. The van der Waals surface area contributed by atoms with Gasteiger partial charge in [-0.25, -0.2) is 13.1 Å². The van der Waals surface area contributed by atoms with Crippen LogP contribution in [-0.2, 0) is 10.0 Å². The van der Waals surface area contributed by atoms with E-state index in [9.17, 15) is 8.42 Å². The van der Waals surface area contributed by atoms with Gasteiger partial charge in [0.25, 0.3) is 0 Å². The third-order valence-electron chi connectivity index (χ3n) is 3.63. The molecule has 1 aromatic rings. The van der Waals surface area contributed by atoms with Gasteiger partial charge in [-0.15, -0.1) is 0 Å². The van der Waals surface area contributed by atoms with Crippen molar-refractivity contribution >= 4 is 21.6 Å². The van der Waals surface area contributed by atoms with Crippen LogP contribution in [0.3, 0.4) is 0 Å². The normalized spacial score (nSPS) is 24.8. The maximum absolute atomic E-state index is 12.2. The molecule has 0 radical (unpaired) electrons. The summed E-state index contributed by atoms with van der Waals surface area (Å²) in [4.78, 5) is 6.24. The van der Waals surface area contributed by atoms with Crippen molar-refractivity contribution in [2.75, 3.05) is 13.1 Å². The topological polar surface area (TPSA) is 62.3 Å². The lowest BCUT2D eigenvalue weighted by molar-refractivity contribution is 0.322. The minimum Gasteiger partial charge on any atom is -0.299 e. The van der Waals surface area contributed by atoms with Crippen molar-refractivity contribution < 1.29 is 8.42 Å². The summed E-state index contributed by atoms with van der Waals surface area (Å²) in [6, 6.07) is 2.14. The second-order valence-electron chi connectivity index (χ2n) is 5.14. The summed E-state index contributed by atoms with van der Waals surface area (Å²) >= 11 is 5.91. The number of rotatable bonds is 4. The number of nitrogens with one attached hydrogen (secondary N) is 1. The van der Waals surface area contributed by atoms with E-state index in [0.717, 1.165) is 19.5 Å². The van der Waals surface area contributed by atoms with Gasteiger partial charge in [0.2, 0.25) is 10.0 Å². The highest BCUT2D eigenvalue weighted by molar-refractivity contribution is 7.89. The van der Waals surface area contributed by atoms with Gasteiger partial charge in [0.05, 0.1) is 5.02 Å². The molecule has 1 unspecified atom stereocenters. The van der Waals surface area contributed by atoms with Crippen molar-refractivity contribution in [1.29, 1.82) is 0 Å². The van der Waals surface area contributed by atoms with E-state index >= 15 is 0 Å². The number of pyridine rings is 1. The van der Waals surface area contributed by atoms with Crippen LogP contribution in [0.5, 0.6) is 0 Å². The summed E-state index contributed by atoms with van der Waals surface area (Å²) in [5, 5.41) is 0.208. The number of hydrogen-bond acceptors (Lipinski definition) is 4. The van der Waals surface area contributed by atoms with E-state index in [1.54, 1.807) is 0 Å². The van der Waals surface area contributed by atoms with Crippen molar-refractivity contribution in [2.24, 2.45) is 0 Å². The van der Waals surface area contributed by atoms with Gasteiger partial charge in [-0.2, -0.15) is 0 Å². The van der Waals surface area contributed by atoms with Gasteiger partial charge in [0, 0.05) is 37.6 Å². The van der Waals surface area contributed by atoms with Crippen LogP contribution in [0.2, 0.25) is 5.02 Å². The molecule has 19 heavy (non-hydrogen) atoms. The number of likely N-dealkylation sites (tertiary alicyclic amines) is 1. The first-order valence-electron chi connectivity index (χ1n) is 6.42. The zero-order chi connectivity index (χ0) is 13.5. The molecule has 0 amide bonds. The number of sulfonamides is 1. The Kier molecular flexibility index (Phi) is 3.51. The first kappa shape index (κ1) is 13.3. The summed E-state index contributed by atoms with van der Waals surface area (Å²) in [6.45, 7) is 1.76. The molecule has 5 nitrogen and oxygen atoms in total. The Bertz CT molecular complexity index is 574. The standard InChI is InChI=1S/C12H16ClN3O2S/c13-11-3-5-14-7-12(11)19(17,18)15-9-4-6-16(8-9)10-1-2-10/h3,5,7,9-10,15H,1-2,4,6,8H2. The van der Waals surface area contributed by atoms with Crippen molar-refractivity contribution in [3.63, 3.8) is 0 Å². The van der Waals surface area contributed by atoms with Crippen LogP contribution in [0.1, 0.15) is 19.3 Å². The van der Waals surface area contributed by atoms with Crippen LogP contribution < -0.4 is 4.72 Å². The quantitative estimate of drug-likeness (QED) is 0.909. The molecule has 0 aromatic carbocycles. The largest absolute Gasteiger partial charge is 0.299 e. The molecule has 2 fully saturated rings. The zero-order valence-electron chi connectivity index (χ0n) is 10.4. The van der Waals surface area contributed by atoms with E-state index in [0.29, 0.717) is 6.04 Å². The molecule has 1 aliphatic carbocycles. The molecule has 2 heterocycles. The predicted molar refractivity (Wildman–Crippen MR) is 72.6 cm³/mol. The fraction of sp³-hybridized carbons (Fsp3) is 0.583. The average Bonchev–Trinajstić information content (AvgIpc) is 3.11. The minimum absolute atomic E-state index is 0.0260. The lowest BCUT2D eigenvalue weighted by Gasteiger charge is -2.16. The van der Waals surface area contributed by atoms with Crippen LogP contribution in [0, 0.1) is 0 Å². The molecule has 1 saturated carbocycles. The van der Waals surface area contributed by atoms with Crippen molar-refractivity contribution in [1.82, 2.24) is 14.6 Å². The lowest BCUT2D eigenvalue weighted by atomic mass is 10.3. The number of halogens is 1. The van der Waals surface area contributed by atoms with Gasteiger partial charge in [-0.05, 0) is 25.3 Å². The van der Waals surface area contributed by atoms with Crippen LogP contribution in [-0.4, -0.2) is 43.5 Å². The van der Waals surface area contributed by atoms with E-state index in [4.69, 9.17) is 11.6 Å². The minimum atomic E-state index is -3.57. The molecule has 1 saturated heterocycles. The molecule has 0 spiro atoms. The van der Waals surface area contributed by atoms with E-state index < -0.39 is 10.0 Å². The molecule has 1 N–H and O–H groups in total. The van der Waals surface area contributed by atoms with Crippen molar-refractivity contribution in [3.05, 3.63) is 23.5 Å². The summed E-state index contributed by atoms with van der Waals surface area (Å²) in [7, 11) is -3.57. The molecule has 2 aliphatic rings. The Morgan fingerprint density at radius 2 is 2.16 bits per heavy atom. The second-order valence-corrected chi connectivity index (χ2v) is 7.23. The number of aromatic nitrogens is 1. The van der Waals surface area contributed by atoms with Gasteiger partial charge in [0.1, 0.15) is 4.90 Å². The van der Waals surface area contributed by atoms with E-state index in [-0.39, 0.29) is 16.0 Å². The molecule has 1 atom stereocenters. The third kappa shape index (κ3) is 2.91. The molecule has 1 aliphatic heterocycles. The Labute approximate surface area is 118 Å². The molecular formula is C12H16ClN3O2S. The highest BCUT2D eigenvalue weighted by Crippen LogP contribution is 2.30. The van der Waals surface area contributed by atoms with Gasteiger partial charge in [-0.3, -0.25) is 9.88 Å². The molecule has 0 bridgehead atoms. The van der Waals surface area contributed by atoms with Crippen LogP contribution in [0.15, 0.2) is 23.4 Å². The van der Waals surface area contributed by atoms with Crippen molar-refractivity contribution in [3.8, 4) is 0 Å². The Morgan fingerprint density at radius 3 is 2.84 bits per heavy atom. The Hall–Kier alpha value is -0.690. The maximum atomic E-state index is 12.2. The summed E-state index contributed by atoms with van der Waals surface area (Å²) in [5.41, 5.74) is 0. The first-order chi connectivity index (χ1) is 9.06. The number of nitrogens with zero attached hydrogens (tertiary/aromatic N) is 2. The second kappa shape index (κ2) is 5.01. The van der Waals surface area contributed by atoms with Gasteiger partial charge >= 0.3 is 0 Å². The zero-order valence-corrected chi connectivity index (χ0v) is 12.0. The third-order valence-corrected chi connectivity index (χ3v) is 5.62. The molecule has 7 heteroatoms. The predicted octanol–water partition coefficient (Wildman–Crippen LogP) is 1.25. The van der Waals surface area contributed by atoms with Crippen LogP contribution >= 0.6 is 11.6 Å². The smallest absolute Gasteiger partial charge is 0.243 e. The van der Waals surface area contributed by atoms with E-state index in [1.807, 2.05) is 0 Å². The van der Waals surface area contributed by atoms with Gasteiger partial charge < -0.3 is 0 Å². The summed E-state index contributed by atoms with van der Waals surface area (Å²) in [5.74, 6) is 0. The molecule has 1 aromatic heterocycles. The Balaban J connectivity index is 1.70. The first-order valence-corrected chi connectivity index (χ1v) is 8.28. The number of hydrogen-bond donors (Lipinski definition) is 1. The molecule has 104 valence electrons. The monoisotopic (exact) mass is 301 g/mol. The van der Waals surface area contributed by atoms with E-state index in [2.05, 4.69) is 14.6 Å². The highest BCUT2D eigenvalue weighted by atomic mass is 35.5.